The first-order valence-corrected chi connectivity index (χ1v) is 7.24. The van der Waals surface area contributed by atoms with E-state index in [2.05, 4.69) is 61.1 Å². The summed E-state index contributed by atoms with van der Waals surface area (Å²) in [6.07, 6.45) is 0. The molecular weight excluding hydrogens is 290 g/mol. The van der Waals surface area contributed by atoms with Gasteiger partial charge in [0.05, 0.1) is 13.2 Å². The molecule has 1 aromatic carbocycles. The first-order valence-electron chi connectivity index (χ1n) is 6.45. The molecule has 0 radical (unpaired) electrons. The predicted molar refractivity (Wildman–Crippen MR) is 80.7 cm³/mol. The summed E-state index contributed by atoms with van der Waals surface area (Å²) in [5, 5.41) is 3.46. The fraction of sp³-hybridized carbons (Fsp3) is 0.600. The molecular formula is C15H24BrNO. The lowest BCUT2D eigenvalue weighted by molar-refractivity contribution is 0.0504. The van der Waals surface area contributed by atoms with Gasteiger partial charge in [-0.3, -0.25) is 0 Å². The molecule has 0 aliphatic carbocycles. The second-order valence-electron chi connectivity index (χ2n) is 5.82. The zero-order valence-electron chi connectivity index (χ0n) is 11.8. The van der Waals surface area contributed by atoms with E-state index in [0.717, 1.165) is 17.6 Å². The van der Waals surface area contributed by atoms with Crippen LogP contribution < -0.4 is 5.32 Å². The summed E-state index contributed by atoms with van der Waals surface area (Å²) in [6.45, 7) is 11.2. The van der Waals surface area contributed by atoms with Gasteiger partial charge in [0.2, 0.25) is 0 Å². The molecule has 3 heteroatoms. The second kappa shape index (κ2) is 7.27. The molecule has 0 heterocycles. The lowest BCUT2D eigenvalue weighted by Gasteiger charge is -2.26. The molecule has 1 aromatic rings. The van der Waals surface area contributed by atoms with Gasteiger partial charge in [0.25, 0.3) is 0 Å². The van der Waals surface area contributed by atoms with E-state index in [1.165, 1.54) is 5.56 Å². The van der Waals surface area contributed by atoms with Crippen molar-refractivity contribution in [2.75, 3.05) is 13.2 Å². The molecule has 0 fully saturated rings. The van der Waals surface area contributed by atoms with Crippen molar-refractivity contribution in [3.05, 3.63) is 34.3 Å². The number of hydrogen-bond acceptors (Lipinski definition) is 2. The van der Waals surface area contributed by atoms with Crippen LogP contribution in [0.5, 0.6) is 0 Å². The lowest BCUT2D eigenvalue weighted by Crippen LogP contribution is -2.36. The van der Waals surface area contributed by atoms with Gasteiger partial charge >= 0.3 is 0 Å². The van der Waals surface area contributed by atoms with E-state index in [4.69, 9.17) is 4.74 Å². The highest BCUT2D eigenvalue weighted by Crippen LogP contribution is 2.17. The van der Waals surface area contributed by atoms with Crippen molar-refractivity contribution in [3.8, 4) is 0 Å². The Morgan fingerprint density at radius 2 is 2.06 bits per heavy atom. The summed E-state index contributed by atoms with van der Waals surface area (Å²) >= 11 is 3.47. The second-order valence-corrected chi connectivity index (χ2v) is 6.74. The Balaban J connectivity index is 2.32. The monoisotopic (exact) mass is 313 g/mol. The Labute approximate surface area is 119 Å². The fourth-order valence-corrected chi connectivity index (χ4v) is 2.05. The minimum atomic E-state index is 0.163. The normalized spacial score (nSPS) is 12.1. The van der Waals surface area contributed by atoms with E-state index in [1.54, 1.807) is 0 Å². The van der Waals surface area contributed by atoms with Crippen LogP contribution >= 0.6 is 15.9 Å². The maximum atomic E-state index is 5.81. The molecule has 102 valence electrons. The van der Waals surface area contributed by atoms with Crippen LogP contribution in [-0.2, 0) is 11.3 Å². The van der Waals surface area contributed by atoms with E-state index in [-0.39, 0.29) is 5.41 Å². The van der Waals surface area contributed by atoms with Gasteiger partial charge < -0.3 is 10.1 Å². The van der Waals surface area contributed by atoms with Crippen LogP contribution in [0.15, 0.2) is 28.7 Å². The van der Waals surface area contributed by atoms with E-state index >= 15 is 0 Å². The third kappa shape index (κ3) is 6.53. The molecule has 1 N–H and O–H groups in total. The maximum absolute atomic E-state index is 5.81. The summed E-state index contributed by atoms with van der Waals surface area (Å²) in [6, 6.07) is 8.77. The lowest BCUT2D eigenvalue weighted by atomic mass is 9.94. The number of nitrogens with one attached hydrogen (secondary N) is 1. The first kappa shape index (κ1) is 15.7. The SMILES string of the molecule is CC(C)NCC(C)(C)COCc1cccc(Br)c1. The van der Waals surface area contributed by atoms with Crippen LogP contribution in [0.2, 0.25) is 0 Å². The molecule has 0 unspecified atom stereocenters. The molecule has 0 spiro atoms. The Morgan fingerprint density at radius 1 is 1.33 bits per heavy atom. The number of ether oxygens (including phenoxy) is 1. The molecule has 0 aliphatic rings. The molecule has 0 saturated carbocycles. The van der Waals surface area contributed by atoms with Crippen molar-refractivity contribution in [1.82, 2.24) is 5.32 Å². The molecule has 0 amide bonds. The number of hydrogen-bond donors (Lipinski definition) is 1. The van der Waals surface area contributed by atoms with Crippen LogP contribution in [0.3, 0.4) is 0 Å². The smallest absolute Gasteiger partial charge is 0.0717 e. The molecule has 0 aliphatic heterocycles. The highest BCUT2D eigenvalue weighted by atomic mass is 79.9. The van der Waals surface area contributed by atoms with Crippen molar-refractivity contribution < 1.29 is 4.74 Å². The zero-order valence-corrected chi connectivity index (χ0v) is 13.4. The van der Waals surface area contributed by atoms with Crippen molar-refractivity contribution in [1.29, 1.82) is 0 Å². The first-order chi connectivity index (χ1) is 8.39. The third-order valence-electron chi connectivity index (χ3n) is 2.64. The van der Waals surface area contributed by atoms with Crippen molar-refractivity contribution in [3.63, 3.8) is 0 Å². The Bertz CT molecular complexity index is 363. The standard InChI is InChI=1S/C15H24BrNO/c1-12(2)17-10-15(3,4)11-18-9-13-6-5-7-14(16)8-13/h5-8,12,17H,9-11H2,1-4H3. The van der Waals surface area contributed by atoms with Crippen LogP contribution in [-0.4, -0.2) is 19.2 Å². The van der Waals surface area contributed by atoms with E-state index in [9.17, 15) is 0 Å². The zero-order chi connectivity index (χ0) is 13.6. The fourth-order valence-electron chi connectivity index (χ4n) is 1.60. The molecule has 0 aromatic heterocycles. The summed E-state index contributed by atoms with van der Waals surface area (Å²) in [4.78, 5) is 0. The van der Waals surface area contributed by atoms with Crippen LogP contribution in [0.1, 0.15) is 33.3 Å². The topological polar surface area (TPSA) is 21.3 Å². The predicted octanol–water partition coefficient (Wildman–Crippen LogP) is 3.99. The number of rotatable bonds is 7. The van der Waals surface area contributed by atoms with Crippen LogP contribution in [0.25, 0.3) is 0 Å². The largest absolute Gasteiger partial charge is 0.376 e. The van der Waals surface area contributed by atoms with E-state index in [1.807, 2.05) is 12.1 Å². The summed E-state index contributed by atoms with van der Waals surface area (Å²) in [5.74, 6) is 0. The van der Waals surface area contributed by atoms with Gasteiger partial charge in [-0.25, -0.2) is 0 Å². The van der Waals surface area contributed by atoms with Crippen LogP contribution in [0.4, 0.5) is 0 Å². The molecule has 0 atom stereocenters. The summed E-state index contributed by atoms with van der Waals surface area (Å²) in [5.41, 5.74) is 1.37. The van der Waals surface area contributed by atoms with Gasteiger partial charge in [-0.05, 0) is 17.7 Å². The molecule has 2 nitrogen and oxygen atoms in total. The molecule has 0 saturated heterocycles. The summed E-state index contributed by atoms with van der Waals surface area (Å²) in [7, 11) is 0. The van der Waals surface area contributed by atoms with Gasteiger partial charge in [-0.15, -0.1) is 0 Å². The highest BCUT2D eigenvalue weighted by Gasteiger charge is 2.18. The van der Waals surface area contributed by atoms with Gasteiger partial charge in [-0.2, -0.15) is 0 Å². The number of benzene rings is 1. The molecule has 18 heavy (non-hydrogen) atoms. The molecule has 1 rings (SSSR count). The Morgan fingerprint density at radius 3 is 2.67 bits per heavy atom. The minimum absolute atomic E-state index is 0.163. The van der Waals surface area contributed by atoms with Gasteiger partial charge in [0, 0.05) is 22.5 Å². The average molecular weight is 314 g/mol. The third-order valence-corrected chi connectivity index (χ3v) is 3.13. The van der Waals surface area contributed by atoms with Crippen LogP contribution in [0, 0.1) is 5.41 Å². The molecule has 0 bridgehead atoms. The van der Waals surface area contributed by atoms with E-state index in [0.29, 0.717) is 12.6 Å². The minimum Gasteiger partial charge on any atom is -0.376 e. The Kier molecular flexibility index (Phi) is 6.33. The van der Waals surface area contributed by atoms with Gasteiger partial charge in [0.15, 0.2) is 0 Å². The van der Waals surface area contributed by atoms with Crippen molar-refractivity contribution in [2.45, 2.75) is 40.3 Å². The maximum Gasteiger partial charge on any atom is 0.0717 e. The number of halogens is 1. The van der Waals surface area contributed by atoms with Gasteiger partial charge in [-0.1, -0.05) is 55.8 Å². The quantitative estimate of drug-likeness (QED) is 0.821. The van der Waals surface area contributed by atoms with E-state index < -0.39 is 0 Å². The average Bonchev–Trinajstić information content (AvgIpc) is 2.26. The highest BCUT2D eigenvalue weighted by molar-refractivity contribution is 9.10. The van der Waals surface area contributed by atoms with Gasteiger partial charge in [0.1, 0.15) is 0 Å². The Hall–Kier alpha value is -0.380. The van der Waals surface area contributed by atoms with Crippen molar-refractivity contribution in [2.24, 2.45) is 5.41 Å². The van der Waals surface area contributed by atoms with Crippen molar-refractivity contribution >= 4 is 15.9 Å². The summed E-state index contributed by atoms with van der Waals surface area (Å²) < 4.78 is 6.91.